The number of aromatic nitrogens is 2. The molecule has 3 aromatic rings. The first-order chi connectivity index (χ1) is 20.9. The molecule has 0 aliphatic carbocycles. The molecule has 226 valence electrons. The zero-order valence-electron chi connectivity index (χ0n) is 25.5. The molecule has 1 amide bonds. The van der Waals surface area contributed by atoms with Gasteiger partial charge in [0.15, 0.2) is 0 Å². The average Bonchev–Trinajstić information content (AvgIpc) is 3.23. The molecule has 4 rings (SSSR count). The number of halogens is 4. The molecule has 42 heavy (non-hydrogen) atoms. The fourth-order valence-corrected chi connectivity index (χ4v) is 4.99. The zero-order chi connectivity index (χ0) is 33.2. The monoisotopic (exact) mass is 613 g/mol. The lowest BCUT2D eigenvalue weighted by Crippen LogP contribution is -2.46. The van der Waals surface area contributed by atoms with Gasteiger partial charge in [-0.05, 0) is 43.8 Å². The Morgan fingerprint density at radius 2 is 2.07 bits per heavy atom. The van der Waals surface area contributed by atoms with Gasteiger partial charge in [-0.1, -0.05) is 11.8 Å². The van der Waals surface area contributed by atoms with Gasteiger partial charge < -0.3 is 24.7 Å². The van der Waals surface area contributed by atoms with Crippen LogP contribution in [0.25, 0.3) is 5.52 Å². The number of rotatable bonds is 8. The van der Waals surface area contributed by atoms with Crippen LogP contribution in [0.1, 0.15) is 32.3 Å². The number of amides is 1. The van der Waals surface area contributed by atoms with E-state index in [1.807, 2.05) is 11.9 Å². The number of carbonyl (C=O) groups excluding carboxylic acids is 1. The molecule has 1 saturated heterocycles. The highest BCUT2D eigenvalue weighted by Crippen LogP contribution is 2.30. The maximum atomic E-state index is 14.7. The molecular weight excluding hydrogens is 580 g/mol. The summed E-state index contributed by atoms with van der Waals surface area (Å²) in [7, 11) is -5.11. The van der Waals surface area contributed by atoms with Crippen LogP contribution < -0.4 is 20.1 Å². The maximum Gasteiger partial charge on any atom is 0.394 e. The summed E-state index contributed by atoms with van der Waals surface area (Å²) in [5, 5.41) is 5.89. The first-order valence-corrected chi connectivity index (χ1v) is 14.5. The molecule has 0 spiro atoms. The largest absolute Gasteiger partial charge is 0.480 e. The first kappa shape index (κ1) is 26.8. The molecule has 0 unspecified atom stereocenters. The molecule has 1 aliphatic rings. The lowest BCUT2D eigenvalue weighted by atomic mass is 10.0. The number of anilines is 2. The number of hydrogen-bond donors (Lipinski definition) is 3. The number of pyridine rings is 2. The van der Waals surface area contributed by atoms with Crippen LogP contribution >= 0.6 is 0 Å². The lowest BCUT2D eigenvalue weighted by molar-refractivity contribution is -0.128. The van der Waals surface area contributed by atoms with Crippen LogP contribution in [0.4, 0.5) is 28.9 Å². The Kier molecular flexibility index (Phi) is 7.96. The number of ether oxygens (including phenoxy) is 1. The number of methoxy groups -OCH3 is 1. The number of nitrogens with zero attached hydrogens (tertiary/aromatic N) is 3. The van der Waals surface area contributed by atoms with Crippen molar-refractivity contribution in [1.82, 2.24) is 19.0 Å². The number of hydrogen-bond acceptors (Lipinski definition) is 8. The predicted molar refractivity (Wildman–Crippen MR) is 150 cm³/mol. The smallest absolute Gasteiger partial charge is 0.394 e. The predicted octanol–water partition coefficient (Wildman–Crippen LogP) is 3.05. The summed E-state index contributed by atoms with van der Waals surface area (Å²) in [6.07, 6.45) is -4.27. The second-order valence-electron chi connectivity index (χ2n) is 9.80. The van der Waals surface area contributed by atoms with Gasteiger partial charge in [0.05, 0.1) is 53.3 Å². The van der Waals surface area contributed by atoms with Crippen LogP contribution in [0.5, 0.6) is 5.88 Å². The fourth-order valence-electron chi connectivity index (χ4n) is 4.55. The molecule has 0 aromatic carbocycles. The molecule has 0 radical (unpaired) electrons. The van der Waals surface area contributed by atoms with Crippen molar-refractivity contribution in [3.63, 3.8) is 0 Å². The summed E-state index contributed by atoms with van der Waals surface area (Å²) in [5.41, 5.74) is 0.329. The topological polar surface area (TPSA) is 117 Å². The third-order valence-corrected chi connectivity index (χ3v) is 6.98. The van der Waals surface area contributed by atoms with Gasteiger partial charge in [-0.25, -0.2) is 22.5 Å². The van der Waals surface area contributed by atoms with Gasteiger partial charge in [-0.3, -0.25) is 4.79 Å². The molecular formula is C27H30F4N6O4S. The van der Waals surface area contributed by atoms with Crippen LogP contribution in [-0.2, 0) is 16.4 Å². The molecule has 3 N–H and O–H groups in total. The van der Waals surface area contributed by atoms with E-state index in [1.165, 1.54) is 22.7 Å². The van der Waals surface area contributed by atoms with E-state index in [2.05, 4.69) is 27.5 Å². The van der Waals surface area contributed by atoms with E-state index < -0.39 is 59.4 Å². The second kappa shape index (κ2) is 12.5. The number of likely N-dealkylation sites (tertiary alicyclic amines) is 1. The highest BCUT2D eigenvalue weighted by Gasteiger charge is 2.32. The Morgan fingerprint density at radius 1 is 1.29 bits per heavy atom. The van der Waals surface area contributed by atoms with E-state index in [9.17, 15) is 30.8 Å². The molecule has 0 saturated carbocycles. The highest BCUT2D eigenvalue weighted by atomic mass is 32.2. The van der Waals surface area contributed by atoms with E-state index in [0.717, 1.165) is 12.3 Å². The molecule has 10 nitrogen and oxygen atoms in total. The van der Waals surface area contributed by atoms with Crippen LogP contribution in [-0.4, -0.2) is 87.0 Å². The quantitative estimate of drug-likeness (QED) is 0.262. The Hall–Kier alpha value is -4.03. The second-order valence-corrected chi connectivity index (χ2v) is 11.5. The highest BCUT2D eigenvalue weighted by molar-refractivity contribution is 7.89. The van der Waals surface area contributed by atoms with Gasteiger partial charge >= 0.3 is 6.18 Å². The molecule has 1 aliphatic heterocycles. The molecule has 3 aromatic heterocycles. The number of sulfonamides is 1. The van der Waals surface area contributed by atoms with Crippen molar-refractivity contribution in [2.45, 2.75) is 31.2 Å². The summed E-state index contributed by atoms with van der Waals surface area (Å²) >= 11 is 0. The van der Waals surface area contributed by atoms with Crippen molar-refractivity contribution < 1.29 is 39.6 Å². The normalized spacial score (nSPS) is 19.1. The SMILES string of the molecule is [2H]C([2H])([2H])Oc1nc(C(=O)NS(C)(=O)=O)ccc1NCC#Cc1cc2c(N[C@H]3CCN(C)C[C@H]3F)cccn2c1CC(F)(F)F. The van der Waals surface area contributed by atoms with Gasteiger partial charge in [0.25, 0.3) is 5.91 Å². The number of alkyl halides is 4. The molecule has 15 heteroatoms. The summed E-state index contributed by atoms with van der Waals surface area (Å²) in [6.45, 7) is 0.683. The Labute approximate surface area is 244 Å². The van der Waals surface area contributed by atoms with Crippen molar-refractivity contribution >= 4 is 32.8 Å². The Morgan fingerprint density at radius 3 is 2.76 bits per heavy atom. The minimum absolute atomic E-state index is 0.0284. The van der Waals surface area contributed by atoms with Crippen molar-refractivity contribution in [3.05, 3.63) is 53.5 Å². The van der Waals surface area contributed by atoms with Crippen LogP contribution in [0, 0.1) is 11.8 Å². The van der Waals surface area contributed by atoms with Gasteiger partial charge in [0, 0.05) is 30.5 Å². The first-order valence-electron chi connectivity index (χ1n) is 14.1. The van der Waals surface area contributed by atoms with Crippen LogP contribution in [0.2, 0.25) is 0 Å². The van der Waals surface area contributed by atoms with E-state index in [-0.39, 0.29) is 30.0 Å². The van der Waals surface area contributed by atoms with E-state index in [1.54, 1.807) is 16.9 Å². The zero-order valence-corrected chi connectivity index (χ0v) is 23.4. The number of fused-ring (bicyclic) bond motifs is 1. The van der Waals surface area contributed by atoms with Crippen molar-refractivity contribution in [2.24, 2.45) is 0 Å². The third-order valence-electron chi connectivity index (χ3n) is 6.43. The summed E-state index contributed by atoms with van der Waals surface area (Å²) in [5.74, 6) is 3.74. The Balaban J connectivity index is 1.61. The van der Waals surface area contributed by atoms with Crippen molar-refractivity contribution in [2.75, 3.05) is 50.6 Å². The van der Waals surface area contributed by atoms with E-state index >= 15 is 0 Å². The minimum atomic E-state index is -4.55. The third kappa shape index (κ3) is 7.83. The average molecular weight is 614 g/mol. The van der Waals surface area contributed by atoms with E-state index in [0.29, 0.717) is 24.2 Å². The molecule has 4 heterocycles. The van der Waals surface area contributed by atoms with Gasteiger partial charge in [-0.2, -0.15) is 13.2 Å². The molecule has 0 bridgehead atoms. The number of nitrogens with one attached hydrogen (secondary N) is 3. The van der Waals surface area contributed by atoms with E-state index in [4.69, 9.17) is 8.85 Å². The number of piperidine rings is 1. The van der Waals surface area contributed by atoms with Gasteiger partial charge in [-0.15, -0.1) is 0 Å². The van der Waals surface area contributed by atoms with Crippen LogP contribution in [0.3, 0.4) is 0 Å². The molecule has 2 atom stereocenters. The summed E-state index contributed by atoms with van der Waals surface area (Å²) < 4.78 is 108. The Bertz CT molecular complexity index is 1740. The maximum absolute atomic E-state index is 14.7. The fraction of sp³-hybridized carbons (Fsp3) is 0.407. The standard InChI is InChI=1S/C27H30F4N6O4S/c1-36-13-10-19(18(28)16-36)33-20-7-5-12-37-23(20)14-17(24(37)15-27(29,30)31)6-4-11-32-22-9-8-21(34-26(22)41-2)25(38)35-42(3,39)40/h5,7-9,12,14,18-19,32-33H,10-11,13,15-16H2,1-3H3,(H,35,38)/t18-,19+/m1/s1/i2D3. The summed E-state index contributed by atoms with van der Waals surface area (Å²) in [6, 6.07) is 6.53. The molecule has 1 fully saturated rings. The van der Waals surface area contributed by atoms with Gasteiger partial charge in [0.1, 0.15) is 11.9 Å². The van der Waals surface area contributed by atoms with Crippen molar-refractivity contribution in [3.8, 4) is 17.7 Å². The van der Waals surface area contributed by atoms with Crippen molar-refractivity contribution in [1.29, 1.82) is 0 Å². The van der Waals surface area contributed by atoms with Gasteiger partial charge in [0.2, 0.25) is 15.9 Å². The lowest BCUT2D eigenvalue weighted by Gasteiger charge is -2.33. The number of carbonyl (C=O) groups is 1. The minimum Gasteiger partial charge on any atom is -0.480 e. The van der Waals surface area contributed by atoms with Crippen LogP contribution in [0.15, 0.2) is 36.5 Å². The summed E-state index contributed by atoms with van der Waals surface area (Å²) in [4.78, 5) is 17.8.